The Labute approximate surface area is 175 Å². The number of nitrogens with two attached hydrogens (primary N) is 1. The highest BCUT2D eigenvalue weighted by molar-refractivity contribution is 6.33. The second kappa shape index (κ2) is 9.31. The van der Waals surface area contributed by atoms with Gasteiger partial charge in [-0.15, -0.1) is 10.2 Å². The van der Waals surface area contributed by atoms with Gasteiger partial charge in [0.2, 0.25) is 11.8 Å². The lowest BCUT2D eigenvalue weighted by atomic mass is 9.92. The van der Waals surface area contributed by atoms with Crippen LogP contribution in [0.4, 0.5) is 0 Å². The maximum Gasteiger partial charge on any atom is 0.249 e. The number of ether oxygens (including phenoxy) is 1. The van der Waals surface area contributed by atoms with E-state index in [9.17, 15) is 4.79 Å². The molecule has 0 aliphatic carbocycles. The topological polar surface area (TPSA) is 91.2 Å². The molecule has 0 saturated carbocycles. The van der Waals surface area contributed by atoms with E-state index >= 15 is 0 Å². The number of halogens is 1. The quantitative estimate of drug-likeness (QED) is 0.559. The molecule has 0 bridgehead atoms. The minimum atomic E-state index is -0.955. The van der Waals surface area contributed by atoms with Crippen LogP contribution in [-0.2, 0) is 16.1 Å². The average molecular weight is 414 g/mol. The number of rotatable bonds is 9. The molecule has 7 heteroatoms. The first-order valence-electron chi connectivity index (χ1n) is 9.36. The first-order valence-corrected chi connectivity index (χ1v) is 9.74. The summed E-state index contributed by atoms with van der Waals surface area (Å²) in [7, 11) is 0. The average Bonchev–Trinajstić information content (AvgIpc) is 3.17. The molecule has 0 aliphatic heterocycles. The van der Waals surface area contributed by atoms with Crippen molar-refractivity contribution >= 4 is 17.4 Å². The zero-order valence-corrected chi connectivity index (χ0v) is 17.2. The zero-order valence-electron chi connectivity index (χ0n) is 16.5. The van der Waals surface area contributed by atoms with Gasteiger partial charge in [0, 0.05) is 6.42 Å². The molecule has 0 radical (unpaired) electrons. The first kappa shape index (κ1) is 21.2. The molecule has 0 unspecified atom stereocenters. The summed E-state index contributed by atoms with van der Waals surface area (Å²) in [6, 6.07) is 17.0. The second-order valence-corrected chi connectivity index (χ2v) is 7.88. The van der Waals surface area contributed by atoms with Crippen LogP contribution in [0.2, 0.25) is 5.02 Å². The predicted molar refractivity (Wildman–Crippen MR) is 111 cm³/mol. The Morgan fingerprint density at radius 1 is 1.14 bits per heavy atom. The second-order valence-electron chi connectivity index (χ2n) is 7.47. The van der Waals surface area contributed by atoms with E-state index in [2.05, 4.69) is 10.2 Å². The number of carbonyl (C=O) groups is 1. The van der Waals surface area contributed by atoms with Crippen LogP contribution < -0.4 is 5.73 Å². The summed E-state index contributed by atoms with van der Waals surface area (Å²) >= 11 is 6.22. The molecule has 0 aliphatic rings. The fourth-order valence-corrected chi connectivity index (χ4v) is 2.96. The third kappa shape index (κ3) is 5.73. The number of benzene rings is 2. The smallest absolute Gasteiger partial charge is 0.249 e. The molecule has 0 fully saturated rings. The largest absolute Gasteiger partial charge is 0.420 e. The molecular weight excluding hydrogens is 390 g/mol. The number of nitrogens with zero attached hydrogens (tertiary/aromatic N) is 2. The van der Waals surface area contributed by atoms with Crippen LogP contribution in [0.15, 0.2) is 59.0 Å². The summed E-state index contributed by atoms with van der Waals surface area (Å²) in [6.07, 6.45) is 0.141. The Morgan fingerprint density at radius 3 is 2.52 bits per heavy atom. The van der Waals surface area contributed by atoms with Crippen LogP contribution in [0.3, 0.4) is 0 Å². The van der Waals surface area contributed by atoms with Crippen molar-refractivity contribution in [2.45, 2.75) is 38.3 Å². The van der Waals surface area contributed by atoms with E-state index < -0.39 is 11.5 Å². The van der Waals surface area contributed by atoms with Gasteiger partial charge < -0.3 is 14.9 Å². The summed E-state index contributed by atoms with van der Waals surface area (Å²) in [4.78, 5) is 12.5. The van der Waals surface area contributed by atoms with Gasteiger partial charge in [-0.1, -0.05) is 54.1 Å². The normalized spacial score (nSPS) is 12.7. The van der Waals surface area contributed by atoms with Crippen LogP contribution in [0.25, 0.3) is 11.5 Å². The van der Waals surface area contributed by atoms with Crippen LogP contribution >= 0.6 is 11.6 Å². The lowest BCUT2D eigenvalue weighted by molar-refractivity contribution is -0.124. The van der Waals surface area contributed by atoms with E-state index in [0.29, 0.717) is 29.0 Å². The predicted octanol–water partition coefficient (Wildman–Crippen LogP) is 4.39. The number of hydrogen-bond acceptors (Lipinski definition) is 6. The van der Waals surface area contributed by atoms with Crippen LogP contribution in [0.1, 0.15) is 37.6 Å². The number of carbonyl (C=O) groups excluding carboxylic acids is 1. The Morgan fingerprint density at radius 2 is 1.83 bits per heavy atom. The van der Waals surface area contributed by atoms with E-state index in [0.717, 1.165) is 5.56 Å². The molecule has 0 saturated heterocycles. The van der Waals surface area contributed by atoms with Gasteiger partial charge in [0.05, 0.1) is 35.3 Å². The number of hydrogen-bond donors (Lipinski definition) is 1. The van der Waals surface area contributed by atoms with Gasteiger partial charge in [-0.3, -0.25) is 4.79 Å². The van der Waals surface area contributed by atoms with Crippen LogP contribution in [0.5, 0.6) is 0 Å². The Kier molecular flexibility index (Phi) is 6.79. The fraction of sp³-hybridized carbons (Fsp3) is 0.318. The molecule has 1 aromatic heterocycles. The van der Waals surface area contributed by atoms with Crippen molar-refractivity contribution in [2.75, 3.05) is 6.61 Å². The summed E-state index contributed by atoms with van der Waals surface area (Å²) in [5, 5.41) is 8.76. The Hall–Kier alpha value is -2.54. The van der Waals surface area contributed by atoms with Gasteiger partial charge in [-0.2, -0.15) is 0 Å². The van der Waals surface area contributed by atoms with Gasteiger partial charge in [0.15, 0.2) is 5.78 Å². The summed E-state index contributed by atoms with van der Waals surface area (Å²) in [6.45, 7) is 4.03. The molecular formula is C22H24ClN3O3. The molecule has 152 valence electrons. The number of Topliss-reactive ketones (excluding diaryl/α,β-unsaturated/α-hetero) is 1. The van der Waals surface area contributed by atoms with Crippen molar-refractivity contribution < 1.29 is 13.9 Å². The Bertz CT molecular complexity index is 951. The van der Waals surface area contributed by atoms with Gasteiger partial charge in [0.1, 0.15) is 0 Å². The number of ketones is 1. The fourth-order valence-electron chi connectivity index (χ4n) is 2.74. The minimum absolute atomic E-state index is 0.108. The molecule has 0 amide bonds. The summed E-state index contributed by atoms with van der Waals surface area (Å²) in [5.74, 6) is 0.116. The van der Waals surface area contributed by atoms with Gasteiger partial charge >= 0.3 is 0 Å². The van der Waals surface area contributed by atoms with Crippen molar-refractivity contribution in [3.8, 4) is 11.5 Å². The van der Waals surface area contributed by atoms with E-state index in [1.54, 1.807) is 26.0 Å². The highest BCUT2D eigenvalue weighted by Gasteiger charge is 2.29. The van der Waals surface area contributed by atoms with Gasteiger partial charge in [-0.25, -0.2) is 0 Å². The van der Waals surface area contributed by atoms with E-state index in [1.165, 1.54) is 0 Å². The highest BCUT2D eigenvalue weighted by atomic mass is 35.5. The van der Waals surface area contributed by atoms with Crippen molar-refractivity contribution in [2.24, 2.45) is 5.73 Å². The third-order valence-corrected chi connectivity index (χ3v) is 4.80. The maximum atomic E-state index is 12.5. The molecule has 2 N–H and O–H groups in total. The SMILES string of the molecule is CC(C)(N)C(=O)C[C@H](COCc1ccccc1)c1nnc(-c2ccccc2Cl)o1. The Balaban J connectivity index is 1.77. The van der Waals surface area contributed by atoms with Crippen molar-refractivity contribution in [3.63, 3.8) is 0 Å². The maximum absolute atomic E-state index is 12.5. The monoisotopic (exact) mass is 413 g/mol. The summed E-state index contributed by atoms with van der Waals surface area (Å²) in [5.41, 5.74) is 6.69. The van der Waals surface area contributed by atoms with Gasteiger partial charge in [0.25, 0.3) is 0 Å². The minimum Gasteiger partial charge on any atom is -0.420 e. The highest BCUT2D eigenvalue weighted by Crippen LogP contribution is 2.29. The molecule has 0 spiro atoms. The lowest BCUT2D eigenvalue weighted by Crippen LogP contribution is -2.42. The molecule has 1 heterocycles. The van der Waals surface area contributed by atoms with Crippen LogP contribution in [-0.4, -0.2) is 28.1 Å². The zero-order chi connectivity index (χ0) is 20.9. The summed E-state index contributed by atoms with van der Waals surface area (Å²) < 4.78 is 11.7. The molecule has 29 heavy (non-hydrogen) atoms. The van der Waals surface area contributed by atoms with E-state index in [1.807, 2.05) is 42.5 Å². The molecule has 1 atom stereocenters. The van der Waals surface area contributed by atoms with Gasteiger partial charge in [-0.05, 0) is 31.5 Å². The first-order chi connectivity index (χ1) is 13.8. The third-order valence-electron chi connectivity index (χ3n) is 4.48. The van der Waals surface area contributed by atoms with Crippen molar-refractivity contribution in [1.29, 1.82) is 0 Å². The van der Waals surface area contributed by atoms with Crippen LogP contribution in [0, 0.1) is 0 Å². The molecule has 3 rings (SSSR count). The van der Waals surface area contributed by atoms with Crippen molar-refractivity contribution in [3.05, 3.63) is 71.1 Å². The molecule has 6 nitrogen and oxygen atoms in total. The van der Waals surface area contributed by atoms with E-state index in [-0.39, 0.29) is 18.8 Å². The standard InChI is InChI=1S/C22H24ClN3O3/c1-22(2,24)19(27)12-16(14-28-13-15-8-4-3-5-9-15)20-25-26-21(29-20)17-10-6-7-11-18(17)23/h3-11,16H,12-14,24H2,1-2H3/t16-/m1/s1. The molecule has 2 aromatic carbocycles. The van der Waals surface area contributed by atoms with E-state index in [4.69, 9.17) is 26.5 Å². The van der Waals surface area contributed by atoms with Crippen molar-refractivity contribution in [1.82, 2.24) is 10.2 Å². The number of aromatic nitrogens is 2. The molecule has 3 aromatic rings. The lowest BCUT2D eigenvalue weighted by Gasteiger charge is -2.20.